The Morgan fingerprint density at radius 3 is 2.58 bits per heavy atom. The molecule has 0 aliphatic carbocycles. The molecule has 1 fully saturated rings. The average Bonchev–Trinajstić information content (AvgIpc) is 2.67. The normalized spacial score (nSPS) is 15.2. The summed E-state index contributed by atoms with van der Waals surface area (Å²) >= 11 is 5.95. The molecule has 0 unspecified atom stereocenters. The van der Waals surface area contributed by atoms with E-state index in [4.69, 9.17) is 16.3 Å². The van der Waals surface area contributed by atoms with Crippen molar-refractivity contribution in [2.75, 3.05) is 25.1 Å². The monoisotopic (exact) mass is 370 g/mol. The molecule has 0 atom stereocenters. The number of hydrogen-bond donors (Lipinski definition) is 1. The number of anilines is 1. The number of carbonyl (C=O) groups is 1. The standard InChI is InChI=1S/C21H23ClN2O2/c1-26-20-8-6-19(7-9-20)24-13-11-18(12-14-24)23-21(25)10-5-16-3-2-4-17(22)15-16/h2-10,15,18H,11-14H2,1H3,(H,23,25)/b10-5+. The highest BCUT2D eigenvalue weighted by molar-refractivity contribution is 6.30. The second-order valence-electron chi connectivity index (χ2n) is 6.36. The topological polar surface area (TPSA) is 41.6 Å². The number of benzene rings is 2. The lowest BCUT2D eigenvalue weighted by atomic mass is 10.0. The summed E-state index contributed by atoms with van der Waals surface area (Å²) in [5.41, 5.74) is 2.11. The summed E-state index contributed by atoms with van der Waals surface area (Å²) in [6.45, 7) is 1.85. The van der Waals surface area contributed by atoms with Gasteiger partial charge < -0.3 is 15.0 Å². The third-order valence-corrected chi connectivity index (χ3v) is 4.79. The highest BCUT2D eigenvalue weighted by Gasteiger charge is 2.20. The number of piperidine rings is 1. The van der Waals surface area contributed by atoms with Crippen molar-refractivity contribution in [3.05, 3.63) is 65.2 Å². The fourth-order valence-corrected chi connectivity index (χ4v) is 3.31. The van der Waals surface area contributed by atoms with E-state index in [1.54, 1.807) is 19.3 Å². The van der Waals surface area contributed by atoms with Crippen molar-refractivity contribution >= 4 is 29.3 Å². The minimum absolute atomic E-state index is 0.0622. The highest BCUT2D eigenvalue weighted by atomic mass is 35.5. The van der Waals surface area contributed by atoms with E-state index in [9.17, 15) is 4.79 Å². The average molecular weight is 371 g/mol. The number of carbonyl (C=O) groups excluding carboxylic acids is 1. The van der Waals surface area contributed by atoms with Gasteiger partial charge in [-0.25, -0.2) is 0 Å². The van der Waals surface area contributed by atoms with Gasteiger partial charge in [-0.3, -0.25) is 4.79 Å². The first-order valence-corrected chi connectivity index (χ1v) is 9.15. The molecule has 1 saturated heterocycles. The van der Waals surface area contributed by atoms with Crippen LogP contribution < -0.4 is 15.0 Å². The van der Waals surface area contributed by atoms with Crippen LogP contribution in [0.3, 0.4) is 0 Å². The van der Waals surface area contributed by atoms with E-state index < -0.39 is 0 Å². The SMILES string of the molecule is COc1ccc(N2CCC(NC(=O)/C=C/c3cccc(Cl)c3)CC2)cc1. The molecule has 1 aliphatic rings. The Labute approximate surface area is 159 Å². The molecule has 2 aromatic carbocycles. The van der Waals surface area contributed by atoms with Gasteiger partial charge in [-0.2, -0.15) is 0 Å². The molecule has 5 heteroatoms. The Kier molecular flexibility index (Phi) is 6.18. The largest absolute Gasteiger partial charge is 0.497 e. The molecule has 2 aromatic rings. The summed E-state index contributed by atoms with van der Waals surface area (Å²) in [5, 5.41) is 3.75. The van der Waals surface area contributed by atoms with Crippen molar-refractivity contribution in [1.29, 1.82) is 0 Å². The van der Waals surface area contributed by atoms with Crippen molar-refractivity contribution in [3.63, 3.8) is 0 Å². The van der Waals surface area contributed by atoms with Crippen molar-refractivity contribution in [3.8, 4) is 5.75 Å². The van der Waals surface area contributed by atoms with Crippen LogP contribution >= 0.6 is 11.6 Å². The predicted molar refractivity (Wildman–Crippen MR) is 107 cm³/mol. The van der Waals surface area contributed by atoms with E-state index in [2.05, 4.69) is 22.3 Å². The van der Waals surface area contributed by atoms with Gasteiger partial charge in [0.2, 0.25) is 5.91 Å². The zero-order valence-electron chi connectivity index (χ0n) is 14.8. The Bertz CT molecular complexity index is 766. The van der Waals surface area contributed by atoms with E-state index in [0.717, 1.165) is 37.2 Å². The number of nitrogens with zero attached hydrogens (tertiary/aromatic N) is 1. The Morgan fingerprint density at radius 1 is 1.19 bits per heavy atom. The summed E-state index contributed by atoms with van der Waals surface area (Å²) in [6.07, 6.45) is 5.22. The maximum absolute atomic E-state index is 12.1. The van der Waals surface area contributed by atoms with E-state index in [0.29, 0.717) is 5.02 Å². The number of rotatable bonds is 5. The first-order valence-electron chi connectivity index (χ1n) is 8.77. The minimum atomic E-state index is -0.0622. The van der Waals surface area contributed by atoms with E-state index in [-0.39, 0.29) is 11.9 Å². The van der Waals surface area contributed by atoms with Gasteiger partial charge in [-0.1, -0.05) is 23.7 Å². The Hall–Kier alpha value is -2.46. The van der Waals surface area contributed by atoms with Crippen molar-refractivity contribution < 1.29 is 9.53 Å². The van der Waals surface area contributed by atoms with Crippen molar-refractivity contribution in [2.45, 2.75) is 18.9 Å². The molecular formula is C21H23ClN2O2. The fourth-order valence-electron chi connectivity index (χ4n) is 3.11. The van der Waals surface area contributed by atoms with Gasteiger partial charge in [0.25, 0.3) is 0 Å². The quantitative estimate of drug-likeness (QED) is 0.804. The van der Waals surface area contributed by atoms with Gasteiger partial charge in [0.15, 0.2) is 0 Å². The summed E-state index contributed by atoms with van der Waals surface area (Å²) < 4.78 is 5.20. The third-order valence-electron chi connectivity index (χ3n) is 4.55. The molecule has 3 rings (SSSR count). The molecule has 1 aliphatic heterocycles. The summed E-state index contributed by atoms with van der Waals surface area (Å²) in [7, 11) is 1.67. The van der Waals surface area contributed by atoms with Crippen LogP contribution in [0.15, 0.2) is 54.6 Å². The van der Waals surface area contributed by atoms with Crippen molar-refractivity contribution in [2.24, 2.45) is 0 Å². The maximum Gasteiger partial charge on any atom is 0.244 e. The lowest BCUT2D eigenvalue weighted by Crippen LogP contribution is -2.44. The fraction of sp³-hybridized carbons (Fsp3) is 0.286. The molecule has 4 nitrogen and oxygen atoms in total. The van der Waals surface area contributed by atoms with Crippen LogP contribution in [0, 0.1) is 0 Å². The van der Waals surface area contributed by atoms with Crippen LogP contribution in [0.25, 0.3) is 6.08 Å². The first-order chi connectivity index (χ1) is 12.6. The Morgan fingerprint density at radius 2 is 1.92 bits per heavy atom. The van der Waals surface area contributed by atoms with Gasteiger partial charge in [0.1, 0.15) is 5.75 Å². The molecule has 0 radical (unpaired) electrons. The summed E-state index contributed by atoms with van der Waals surface area (Å²) in [6, 6.07) is 15.7. The van der Waals surface area contributed by atoms with E-state index in [1.165, 1.54) is 5.69 Å². The molecule has 0 spiro atoms. The Balaban J connectivity index is 1.48. The van der Waals surface area contributed by atoms with E-state index >= 15 is 0 Å². The lowest BCUT2D eigenvalue weighted by molar-refractivity contribution is -0.117. The molecular weight excluding hydrogens is 348 g/mol. The zero-order valence-corrected chi connectivity index (χ0v) is 15.6. The molecule has 136 valence electrons. The van der Waals surface area contributed by atoms with Crippen LogP contribution in [0.5, 0.6) is 5.75 Å². The van der Waals surface area contributed by atoms with Crippen LogP contribution in [0.1, 0.15) is 18.4 Å². The zero-order chi connectivity index (χ0) is 18.4. The number of ether oxygens (including phenoxy) is 1. The third kappa shape index (κ3) is 5.02. The van der Waals surface area contributed by atoms with E-state index in [1.807, 2.05) is 36.4 Å². The smallest absolute Gasteiger partial charge is 0.244 e. The summed E-state index contributed by atoms with van der Waals surface area (Å²) in [5.74, 6) is 0.801. The molecule has 1 heterocycles. The maximum atomic E-state index is 12.1. The summed E-state index contributed by atoms with van der Waals surface area (Å²) in [4.78, 5) is 14.5. The van der Waals surface area contributed by atoms with Crippen molar-refractivity contribution in [1.82, 2.24) is 5.32 Å². The van der Waals surface area contributed by atoms with Gasteiger partial charge in [-0.15, -0.1) is 0 Å². The molecule has 1 N–H and O–H groups in total. The molecule has 0 saturated carbocycles. The first kappa shape index (κ1) is 18.3. The van der Waals surface area contributed by atoms with Gasteiger partial charge in [0, 0.05) is 35.9 Å². The number of hydrogen-bond acceptors (Lipinski definition) is 3. The number of nitrogens with one attached hydrogen (secondary N) is 1. The highest BCUT2D eigenvalue weighted by Crippen LogP contribution is 2.22. The molecule has 26 heavy (non-hydrogen) atoms. The predicted octanol–water partition coefficient (Wildman–Crippen LogP) is 4.15. The van der Waals surface area contributed by atoms with Crippen LogP contribution in [-0.2, 0) is 4.79 Å². The molecule has 1 amide bonds. The van der Waals surface area contributed by atoms with Gasteiger partial charge >= 0.3 is 0 Å². The van der Waals surface area contributed by atoms with Gasteiger partial charge in [-0.05, 0) is 60.9 Å². The van der Waals surface area contributed by atoms with Crippen LogP contribution in [0.2, 0.25) is 5.02 Å². The molecule has 0 bridgehead atoms. The number of halogens is 1. The molecule has 0 aromatic heterocycles. The van der Waals surface area contributed by atoms with Gasteiger partial charge in [0.05, 0.1) is 7.11 Å². The second kappa shape index (κ2) is 8.77. The number of methoxy groups -OCH3 is 1. The second-order valence-corrected chi connectivity index (χ2v) is 6.79. The van der Waals surface area contributed by atoms with Crippen LogP contribution in [-0.4, -0.2) is 32.1 Å². The lowest BCUT2D eigenvalue weighted by Gasteiger charge is -2.33. The minimum Gasteiger partial charge on any atom is -0.497 e. The van der Waals surface area contributed by atoms with Crippen LogP contribution in [0.4, 0.5) is 5.69 Å². The number of amides is 1.